The van der Waals surface area contributed by atoms with Gasteiger partial charge in [-0.1, -0.05) is 67.9 Å². The molecule has 0 unspecified atom stereocenters. The number of benzene rings is 3. The van der Waals surface area contributed by atoms with Crippen LogP contribution in [0.2, 0.25) is 0 Å². The summed E-state index contributed by atoms with van der Waals surface area (Å²) in [5, 5.41) is 8.41. The van der Waals surface area contributed by atoms with Gasteiger partial charge in [0.25, 0.3) is 5.91 Å². The molecule has 0 radical (unpaired) electrons. The minimum Gasteiger partial charge on any atom is -0.491 e. The molecule has 10 heteroatoms. The van der Waals surface area contributed by atoms with E-state index in [0.29, 0.717) is 24.3 Å². The third-order valence-corrected chi connectivity index (χ3v) is 7.42. The van der Waals surface area contributed by atoms with Gasteiger partial charge in [-0.2, -0.15) is 0 Å². The van der Waals surface area contributed by atoms with Crippen molar-refractivity contribution < 1.29 is 28.3 Å². The van der Waals surface area contributed by atoms with Crippen molar-refractivity contribution in [1.29, 1.82) is 0 Å². The van der Waals surface area contributed by atoms with Gasteiger partial charge in [0, 0.05) is 25.9 Å². The molecule has 1 aliphatic rings. The van der Waals surface area contributed by atoms with Gasteiger partial charge in [-0.3, -0.25) is 19.2 Å². The lowest BCUT2D eigenvalue weighted by Gasteiger charge is -2.28. The maximum atomic E-state index is 13.9. The van der Waals surface area contributed by atoms with Crippen LogP contribution in [0.5, 0.6) is 5.75 Å². The number of rotatable bonds is 8. The fourth-order valence-electron chi connectivity index (χ4n) is 4.96. The van der Waals surface area contributed by atoms with Crippen molar-refractivity contribution in [2.75, 3.05) is 19.7 Å². The van der Waals surface area contributed by atoms with Gasteiger partial charge in [0.2, 0.25) is 17.7 Å². The minimum atomic E-state index is -1.06. The lowest BCUT2D eigenvalue weighted by atomic mass is 10.0. The number of hydrogen-bond acceptors (Lipinski definition) is 5. The van der Waals surface area contributed by atoms with Crippen molar-refractivity contribution >= 4 is 23.6 Å². The number of carbonyl (C=O) groups is 4. The molecule has 0 aromatic heterocycles. The number of para-hydroxylation sites is 1. The van der Waals surface area contributed by atoms with Crippen LogP contribution >= 0.6 is 0 Å². The van der Waals surface area contributed by atoms with Crippen LogP contribution in [0.4, 0.5) is 4.39 Å². The second kappa shape index (κ2) is 16.2. The highest BCUT2D eigenvalue weighted by Crippen LogP contribution is 2.19. The Labute approximate surface area is 257 Å². The highest BCUT2D eigenvalue weighted by Gasteiger charge is 2.29. The summed E-state index contributed by atoms with van der Waals surface area (Å²) in [5.41, 5.74) is 1.81. The molecule has 232 valence electrons. The van der Waals surface area contributed by atoms with E-state index in [4.69, 9.17) is 4.74 Å². The predicted octanol–water partition coefficient (Wildman–Crippen LogP) is 3.77. The fraction of sp³-hybridized carbons (Fsp3) is 0.353. The Morgan fingerprint density at radius 3 is 2.43 bits per heavy atom. The topological polar surface area (TPSA) is 117 Å². The molecule has 0 saturated carbocycles. The average molecular weight is 603 g/mol. The Kier molecular flexibility index (Phi) is 11.9. The molecule has 3 aromatic carbocycles. The largest absolute Gasteiger partial charge is 0.491 e. The van der Waals surface area contributed by atoms with Crippen molar-refractivity contribution in [1.82, 2.24) is 20.9 Å². The van der Waals surface area contributed by atoms with E-state index in [1.54, 1.807) is 41.3 Å². The summed E-state index contributed by atoms with van der Waals surface area (Å²) in [6, 6.07) is 20.0. The smallest absolute Gasteiger partial charge is 0.255 e. The third-order valence-electron chi connectivity index (χ3n) is 7.42. The Hall–Kier alpha value is -4.73. The van der Waals surface area contributed by atoms with Crippen LogP contribution in [-0.2, 0) is 27.3 Å². The van der Waals surface area contributed by atoms with Gasteiger partial charge in [-0.15, -0.1) is 0 Å². The highest BCUT2D eigenvalue weighted by molar-refractivity contribution is 5.99. The maximum absolute atomic E-state index is 13.9. The number of amides is 4. The Bertz CT molecular complexity index is 1420. The summed E-state index contributed by atoms with van der Waals surface area (Å²) < 4.78 is 19.3. The van der Waals surface area contributed by atoms with Crippen LogP contribution in [0.15, 0.2) is 78.9 Å². The fourth-order valence-corrected chi connectivity index (χ4v) is 4.96. The maximum Gasteiger partial charge on any atom is 0.255 e. The first-order chi connectivity index (χ1) is 21.3. The molecule has 2 atom stereocenters. The third kappa shape index (κ3) is 9.39. The van der Waals surface area contributed by atoms with Crippen LogP contribution in [0.25, 0.3) is 0 Å². The van der Waals surface area contributed by atoms with E-state index in [2.05, 4.69) is 16.0 Å². The van der Waals surface area contributed by atoms with Crippen molar-refractivity contribution in [3.05, 3.63) is 101 Å². The molecular formula is C34H39FN4O5. The molecule has 3 aromatic rings. The van der Waals surface area contributed by atoms with Gasteiger partial charge < -0.3 is 25.6 Å². The second-order valence-corrected chi connectivity index (χ2v) is 10.7. The number of unbranched alkanes of at least 4 members (excludes halogenated alkanes) is 1. The summed E-state index contributed by atoms with van der Waals surface area (Å²) in [6.45, 7) is 3.05. The van der Waals surface area contributed by atoms with E-state index in [-0.39, 0.29) is 44.0 Å². The Morgan fingerprint density at radius 1 is 0.955 bits per heavy atom. The quantitative estimate of drug-likeness (QED) is 0.363. The van der Waals surface area contributed by atoms with Crippen molar-refractivity contribution in [2.45, 2.75) is 57.7 Å². The van der Waals surface area contributed by atoms with Crippen LogP contribution in [-0.4, -0.2) is 60.3 Å². The predicted molar refractivity (Wildman–Crippen MR) is 164 cm³/mol. The summed E-state index contributed by atoms with van der Waals surface area (Å²) in [5.74, 6) is -1.72. The minimum absolute atomic E-state index is 0.0123. The molecule has 44 heavy (non-hydrogen) atoms. The molecule has 0 aliphatic carbocycles. The molecule has 0 saturated heterocycles. The molecule has 0 spiro atoms. The summed E-state index contributed by atoms with van der Waals surface area (Å²) in [6.07, 6.45) is 1.84. The van der Waals surface area contributed by atoms with E-state index < -0.39 is 35.6 Å². The molecular weight excluding hydrogens is 563 g/mol. The Balaban J connectivity index is 1.59. The zero-order chi connectivity index (χ0) is 31.3. The molecule has 4 rings (SSSR count). The van der Waals surface area contributed by atoms with E-state index in [1.807, 2.05) is 37.3 Å². The number of carbonyl (C=O) groups excluding carboxylic acids is 4. The summed E-state index contributed by atoms with van der Waals surface area (Å²) in [4.78, 5) is 55.5. The summed E-state index contributed by atoms with van der Waals surface area (Å²) >= 11 is 0. The number of ether oxygens (including phenoxy) is 1. The number of hydrogen-bond donors (Lipinski definition) is 3. The Morgan fingerprint density at radius 2 is 1.68 bits per heavy atom. The van der Waals surface area contributed by atoms with Gasteiger partial charge in [-0.05, 0) is 48.2 Å². The SMILES string of the molecule is CCCCN1CCOc2ccccc2C(=O)N[C@H](C(=O)NCc2ccc(F)cc2)CCC(=O)N[C@@H](Cc2ccccc2)C1=O. The molecule has 0 fully saturated rings. The first-order valence-corrected chi connectivity index (χ1v) is 15.0. The number of nitrogens with zero attached hydrogens (tertiary/aromatic N) is 1. The zero-order valence-electron chi connectivity index (χ0n) is 24.9. The molecule has 3 N–H and O–H groups in total. The molecule has 0 bridgehead atoms. The van der Waals surface area contributed by atoms with Gasteiger partial charge >= 0.3 is 0 Å². The lowest BCUT2D eigenvalue weighted by Crippen LogP contribution is -2.51. The second-order valence-electron chi connectivity index (χ2n) is 10.7. The van der Waals surface area contributed by atoms with Crippen LogP contribution in [0.3, 0.4) is 0 Å². The molecule has 1 aliphatic heterocycles. The van der Waals surface area contributed by atoms with Crippen molar-refractivity contribution in [3.63, 3.8) is 0 Å². The van der Waals surface area contributed by atoms with E-state index in [1.165, 1.54) is 12.1 Å². The van der Waals surface area contributed by atoms with Gasteiger partial charge in [0.05, 0.1) is 12.1 Å². The van der Waals surface area contributed by atoms with Gasteiger partial charge in [-0.25, -0.2) is 4.39 Å². The van der Waals surface area contributed by atoms with Crippen LogP contribution in [0.1, 0.15) is 54.1 Å². The van der Waals surface area contributed by atoms with E-state index in [9.17, 15) is 23.6 Å². The van der Waals surface area contributed by atoms with Gasteiger partial charge in [0.15, 0.2) is 0 Å². The number of fused-ring (bicyclic) bond motifs is 1. The first-order valence-electron chi connectivity index (χ1n) is 15.0. The van der Waals surface area contributed by atoms with Crippen molar-refractivity contribution in [3.8, 4) is 5.75 Å². The normalized spacial score (nSPS) is 18.1. The van der Waals surface area contributed by atoms with Crippen LogP contribution < -0.4 is 20.7 Å². The molecule has 1 heterocycles. The first kappa shape index (κ1) is 32.2. The van der Waals surface area contributed by atoms with Crippen LogP contribution in [0, 0.1) is 5.82 Å². The monoisotopic (exact) mass is 602 g/mol. The average Bonchev–Trinajstić information content (AvgIpc) is 3.04. The highest BCUT2D eigenvalue weighted by atomic mass is 19.1. The standard InChI is InChI=1S/C34H39FN4O5/c1-2-3-19-39-20-21-44-30-12-8-7-11-27(30)32(41)38-28(33(42)36-23-25-13-15-26(35)16-14-25)17-18-31(40)37-29(34(39)43)22-24-9-5-4-6-10-24/h4-16,28-29H,2-3,17-23H2,1H3,(H,36,42)(H,37,40)(H,38,41)/t28-,29-/m0/s1. The summed E-state index contributed by atoms with van der Waals surface area (Å²) in [7, 11) is 0. The van der Waals surface area contributed by atoms with Gasteiger partial charge in [0.1, 0.15) is 30.3 Å². The van der Waals surface area contributed by atoms with Crippen molar-refractivity contribution in [2.24, 2.45) is 0 Å². The molecule has 9 nitrogen and oxygen atoms in total. The lowest BCUT2D eigenvalue weighted by molar-refractivity contribution is -0.137. The zero-order valence-corrected chi connectivity index (χ0v) is 24.9. The molecule has 4 amide bonds. The van der Waals surface area contributed by atoms with E-state index >= 15 is 0 Å². The number of nitrogens with one attached hydrogen (secondary N) is 3. The van der Waals surface area contributed by atoms with E-state index in [0.717, 1.165) is 18.4 Å². The number of halogens is 1.